The Morgan fingerprint density at radius 2 is 2.00 bits per heavy atom. The fourth-order valence-corrected chi connectivity index (χ4v) is 3.01. The number of rotatable bonds is 2. The Bertz CT molecular complexity index is 1030. The molecule has 1 aromatic heterocycles. The van der Waals surface area contributed by atoms with Gasteiger partial charge in [0.2, 0.25) is 12.1 Å². The quantitative estimate of drug-likeness (QED) is 0.725. The van der Waals surface area contributed by atoms with Gasteiger partial charge in [-0.15, -0.1) is 5.10 Å². The molecule has 0 radical (unpaired) electrons. The molecule has 1 atom stereocenters. The van der Waals surface area contributed by atoms with Crippen molar-refractivity contribution in [3.63, 3.8) is 0 Å². The molecule has 1 aliphatic rings. The molecule has 8 heteroatoms. The van der Waals surface area contributed by atoms with Crippen LogP contribution in [0.5, 0.6) is 0 Å². The monoisotopic (exact) mass is 367 g/mol. The number of amides is 1. The van der Waals surface area contributed by atoms with Gasteiger partial charge in [-0.2, -0.15) is 0 Å². The molecule has 2 N–H and O–H groups in total. The maximum Gasteiger partial charge on any atom is 0.290 e. The molecule has 0 bridgehead atoms. The van der Waals surface area contributed by atoms with Crippen LogP contribution in [0.3, 0.4) is 0 Å². The number of fused-ring (bicyclic) bond motifs is 3. The first-order chi connectivity index (χ1) is 12.6. The zero-order valence-corrected chi connectivity index (χ0v) is 14.5. The van der Waals surface area contributed by atoms with E-state index < -0.39 is 12.1 Å². The van der Waals surface area contributed by atoms with Crippen molar-refractivity contribution < 1.29 is 9.90 Å². The maximum absolute atomic E-state index is 11.9. The molecular formula is C18H14ClN5O2. The summed E-state index contributed by atoms with van der Waals surface area (Å²) < 4.78 is 1.43. The first kappa shape index (κ1) is 16.4. The van der Waals surface area contributed by atoms with E-state index in [4.69, 9.17) is 11.6 Å². The highest BCUT2D eigenvalue weighted by atomic mass is 35.5. The summed E-state index contributed by atoms with van der Waals surface area (Å²) in [5.74, 6) is -0.320. The van der Waals surface area contributed by atoms with Crippen LogP contribution < -0.4 is 5.32 Å². The van der Waals surface area contributed by atoms with Crippen molar-refractivity contribution in [2.24, 2.45) is 4.99 Å². The van der Waals surface area contributed by atoms with E-state index in [-0.39, 0.29) is 11.6 Å². The number of nitrogens with zero attached hydrogens (tertiary/aromatic N) is 4. The summed E-state index contributed by atoms with van der Waals surface area (Å²) in [7, 11) is 1.49. The summed E-state index contributed by atoms with van der Waals surface area (Å²) >= 11 is 6.20. The third-order valence-corrected chi connectivity index (χ3v) is 4.27. The number of aliphatic hydroxyl groups is 1. The predicted octanol–water partition coefficient (Wildman–Crippen LogP) is 2.12. The maximum atomic E-state index is 11.9. The number of carbonyl (C=O) groups excluding carboxylic acids is 1. The molecule has 3 aromatic rings. The van der Waals surface area contributed by atoms with Gasteiger partial charge >= 0.3 is 0 Å². The lowest BCUT2D eigenvalue weighted by Gasteiger charge is -2.11. The topological polar surface area (TPSA) is 92.4 Å². The molecule has 0 saturated heterocycles. The highest BCUT2D eigenvalue weighted by molar-refractivity contribution is 6.31. The Morgan fingerprint density at radius 3 is 2.73 bits per heavy atom. The van der Waals surface area contributed by atoms with Gasteiger partial charge in [0.1, 0.15) is 0 Å². The minimum atomic E-state index is -1.28. The molecule has 0 fully saturated rings. The molecule has 1 aliphatic heterocycles. The van der Waals surface area contributed by atoms with Crippen LogP contribution in [-0.4, -0.2) is 38.5 Å². The highest BCUT2D eigenvalue weighted by Gasteiger charge is 2.28. The van der Waals surface area contributed by atoms with Gasteiger partial charge in [-0.25, -0.2) is 14.7 Å². The van der Waals surface area contributed by atoms with E-state index in [1.165, 1.54) is 11.7 Å². The average Bonchev–Trinajstić information content (AvgIpc) is 3.07. The van der Waals surface area contributed by atoms with Crippen molar-refractivity contribution in [1.29, 1.82) is 0 Å². The molecule has 0 saturated carbocycles. The van der Waals surface area contributed by atoms with Crippen molar-refractivity contribution in [2.45, 2.75) is 6.23 Å². The zero-order valence-electron chi connectivity index (χ0n) is 13.7. The molecule has 1 unspecified atom stereocenters. The second kappa shape index (κ2) is 6.36. The van der Waals surface area contributed by atoms with Crippen LogP contribution in [-0.2, 0) is 0 Å². The Balaban J connectivity index is 1.98. The minimum Gasteiger partial charge on any atom is -0.365 e. The summed E-state index contributed by atoms with van der Waals surface area (Å²) in [5, 5.41) is 17.9. The van der Waals surface area contributed by atoms with Crippen LogP contribution in [0.4, 0.5) is 0 Å². The first-order valence-corrected chi connectivity index (χ1v) is 8.27. The number of hydrogen-bond donors (Lipinski definition) is 2. The third-order valence-electron chi connectivity index (χ3n) is 4.03. The molecular weight excluding hydrogens is 354 g/mol. The fraction of sp³-hybridized carbons (Fsp3) is 0.111. The van der Waals surface area contributed by atoms with E-state index in [9.17, 15) is 9.90 Å². The van der Waals surface area contributed by atoms with Crippen LogP contribution in [0, 0.1) is 0 Å². The van der Waals surface area contributed by atoms with E-state index in [2.05, 4.69) is 20.4 Å². The van der Waals surface area contributed by atoms with Gasteiger partial charge in [-0.3, -0.25) is 4.79 Å². The van der Waals surface area contributed by atoms with Crippen LogP contribution in [0.2, 0.25) is 5.02 Å². The number of hydrogen-bond acceptors (Lipinski definition) is 5. The van der Waals surface area contributed by atoms with Crippen LogP contribution in [0.1, 0.15) is 33.8 Å². The van der Waals surface area contributed by atoms with Gasteiger partial charge in [0.05, 0.1) is 11.4 Å². The Hall–Kier alpha value is -3.03. The molecule has 0 spiro atoms. The fourth-order valence-electron chi connectivity index (χ4n) is 2.83. The SMILES string of the molecule is CNC(=O)c1nc2n(n1)-c1ccc(Cl)cc1C(c1ccccc1)=NC2O. The Labute approximate surface area is 154 Å². The second-order valence-corrected chi connectivity index (χ2v) is 6.10. The van der Waals surface area contributed by atoms with Crippen molar-refractivity contribution >= 4 is 23.2 Å². The van der Waals surface area contributed by atoms with E-state index >= 15 is 0 Å². The summed E-state index contributed by atoms with van der Waals surface area (Å²) in [6.45, 7) is 0. The van der Waals surface area contributed by atoms with E-state index in [1.54, 1.807) is 18.2 Å². The lowest BCUT2D eigenvalue weighted by molar-refractivity contribution is 0.0952. The van der Waals surface area contributed by atoms with Gasteiger partial charge in [0.15, 0.2) is 5.82 Å². The highest BCUT2D eigenvalue weighted by Crippen LogP contribution is 2.30. The Morgan fingerprint density at radius 1 is 1.23 bits per heavy atom. The summed E-state index contributed by atoms with van der Waals surface area (Å²) in [4.78, 5) is 20.5. The summed E-state index contributed by atoms with van der Waals surface area (Å²) in [6, 6.07) is 14.7. The van der Waals surface area contributed by atoms with Gasteiger partial charge in [0, 0.05) is 23.2 Å². The molecule has 7 nitrogen and oxygen atoms in total. The lowest BCUT2D eigenvalue weighted by atomic mass is 10.0. The van der Waals surface area contributed by atoms with Gasteiger partial charge < -0.3 is 10.4 Å². The number of nitrogens with one attached hydrogen (secondary N) is 1. The number of aliphatic hydroxyl groups excluding tert-OH is 1. The summed E-state index contributed by atoms with van der Waals surface area (Å²) in [5.41, 5.74) is 2.72. The normalized spacial score (nSPS) is 15.5. The number of benzene rings is 2. The molecule has 1 amide bonds. The minimum absolute atomic E-state index is 0.0409. The van der Waals surface area contributed by atoms with Gasteiger partial charge in [-0.05, 0) is 18.2 Å². The van der Waals surface area contributed by atoms with E-state index in [0.717, 1.165) is 5.56 Å². The molecule has 130 valence electrons. The van der Waals surface area contributed by atoms with Crippen molar-refractivity contribution in [1.82, 2.24) is 20.1 Å². The first-order valence-electron chi connectivity index (χ1n) is 7.89. The number of aliphatic imine (C=N–C) groups is 1. The van der Waals surface area contributed by atoms with Crippen molar-refractivity contribution in [3.05, 3.63) is 76.3 Å². The number of carbonyl (C=O) groups is 1. The van der Waals surface area contributed by atoms with Crippen LogP contribution in [0.15, 0.2) is 53.5 Å². The average molecular weight is 368 g/mol. The summed E-state index contributed by atoms with van der Waals surface area (Å²) in [6.07, 6.45) is -1.28. The second-order valence-electron chi connectivity index (χ2n) is 5.66. The van der Waals surface area contributed by atoms with Crippen LogP contribution in [0.25, 0.3) is 5.69 Å². The molecule has 2 aromatic carbocycles. The smallest absolute Gasteiger partial charge is 0.290 e. The van der Waals surface area contributed by atoms with Crippen LogP contribution >= 0.6 is 11.6 Å². The number of aromatic nitrogens is 3. The Kier molecular flexibility index (Phi) is 4.02. The van der Waals surface area contributed by atoms with E-state index in [0.29, 0.717) is 22.0 Å². The standard InChI is InChI=1S/C18H14ClN5O2/c1-20-17(25)15-22-16-18(26)21-14(10-5-3-2-4-6-10)12-9-11(19)7-8-13(12)24(16)23-15/h2-9,18,26H,1H3,(H,20,25). The van der Waals surface area contributed by atoms with Crippen molar-refractivity contribution in [2.75, 3.05) is 7.05 Å². The molecule has 0 aliphatic carbocycles. The molecule has 2 heterocycles. The van der Waals surface area contributed by atoms with Gasteiger partial charge in [0.25, 0.3) is 5.91 Å². The molecule has 26 heavy (non-hydrogen) atoms. The van der Waals surface area contributed by atoms with Gasteiger partial charge in [-0.1, -0.05) is 41.9 Å². The van der Waals surface area contributed by atoms with Crippen molar-refractivity contribution in [3.8, 4) is 5.69 Å². The zero-order chi connectivity index (χ0) is 18.3. The number of halogens is 1. The lowest BCUT2D eigenvalue weighted by Crippen LogP contribution is -2.19. The van der Waals surface area contributed by atoms with E-state index in [1.807, 2.05) is 30.3 Å². The largest absolute Gasteiger partial charge is 0.365 e. The third kappa shape index (κ3) is 2.67. The predicted molar refractivity (Wildman–Crippen MR) is 96.8 cm³/mol. The molecule has 4 rings (SSSR count).